The van der Waals surface area contributed by atoms with Crippen molar-refractivity contribution in [3.63, 3.8) is 0 Å². The van der Waals surface area contributed by atoms with Crippen molar-refractivity contribution in [2.75, 3.05) is 7.11 Å². The van der Waals surface area contributed by atoms with Gasteiger partial charge in [-0.25, -0.2) is 0 Å². The fourth-order valence-corrected chi connectivity index (χ4v) is 2.07. The molecule has 0 fully saturated rings. The van der Waals surface area contributed by atoms with Gasteiger partial charge in [-0.2, -0.15) is 0 Å². The molecule has 2 aromatic rings. The van der Waals surface area contributed by atoms with Crippen LogP contribution in [0, 0.1) is 0 Å². The van der Waals surface area contributed by atoms with E-state index in [0.717, 1.165) is 16.9 Å². The van der Waals surface area contributed by atoms with E-state index in [4.69, 9.17) is 14.7 Å². The van der Waals surface area contributed by atoms with E-state index in [-0.39, 0.29) is 0 Å². The van der Waals surface area contributed by atoms with E-state index < -0.39 is 0 Å². The molecule has 0 atom stereocenters. The predicted octanol–water partition coefficient (Wildman–Crippen LogP) is 3.86. The summed E-state index contributed by atoms with van der Waals surface area (Å²) in [6, 6.07) is 15.3. The van der Waals surface area contributed by atoms with Gasteiger partial charge in [0, 0.05) is 5.56 Å². The van der Waals surface area contributed by atoms with Crippen LogP contribution < -0.4 is 9.47 Å². The maximum atomic E-state index is 9.07. The molecule has 0 radical (unpaired) electrons. The van der Waals surface area contributed by atoms with Crippen molar-refractivity contribution in [3.8, 4) is 11.5 Å². The van der Waals surface area contributed by atoms with Crippen molar-refractivity contribution >= 4 is 5.71 Å². The first-order valence-corrected chi connectivity index (χ1v) is 6.84. The Morgan fingerprint density at radius 1 is 1.14 bits per heavy atom. The molecule has 110 valence electrons. The van der Waals surface area contributed by atoms with E-state index in [0.29, 0.717) is 24.5 Å². The maximum absolute atomic E-state index is 9.07. The average Bonchev–Trinajstić information content (AvgIpc) is 2.55. The van der Waals surface area contributed by atoms with Crippen LogP contribution in [-0.2, 0) is 6.61 Å². The minimum Gasteiger partial charge on any atom is -0.497 e. The molecule has 0 unspecified atom stereocenters. The van der Waals surface area contributed by atoms with Crippen LogP contribution in [0.5, 0.6) is 11.5 Å². The summed E-state index contributed by atoms with van der Waals surface area (Å²) in [5.41, 5.74) is 2.43. The van der Waals surface area contributed by atoms with Crippen LogP contribution in [-0.4, -0.2) is 18.0 Å². The molecular formula is C17H19NO3. The van der Waals surface area contributed by atoms with Crippen LogP contribution in [0.1, 0.15) is 24.5 Å². The number of para-hydroxylation sites is 1. The van der Waals surface area contributed by atoms with Gasteiger partial charge in [0.1, 0.15) is 18.1 Å². The summed E-state index contributed by atoms with van der Waals surface area (Å²) in [5.74, 6) is 1.51. The summed E-state index contributed by atoms with van der Waals surface area (Å²) < 4.78 is 11.1. The second-order valence-corrected chi connectivity index (χ2v) is 4.54. The lowest BCUT2D eigenvalue weighted by atomic mass is 10.1. The van der Waals surface area contributed by atoms with E-state index in [1.54, 1.807) is 7.11 Å². The zero-order chi connectivity index (χ0) is 15.1. The molecule has 1 N–H and O–H groups in total. The normalized spacial score (nSPS) is 11.2. The van der Waals surface area contributed by atoms with Crippen LogP contribution in [0.4, 0.5) is 0 Å². The maximum Gasteiger partial charge on any atom is 0.128 e. The van der Waals surface area contributed by atoms with Gasteiger partial charge in [-0.05, 0) is 36.2 Å². The number of hydrogen-bond donors (Lipinski definition) is 1. The Labute approximate surface area is 124 Å². The van der Waals surface area contributed by atoms with Gasteiger partial charge >= 0.3 is 0 Å². The van der Waals surface area contributed by atoms with Crippen LogP contribution in [0.2, 0.25) is 0 Å². The number of rotatable bonds is 6. The van der Waals surface area contributed by atoms with Gasteiger partial charge in [-0.3, -0.25) is 0 Å². The molecule has 0 amide bonds. The third-order valence-electron chi connectivity index (χ3n) is 3.18. The van der Waals surface area contributed by atoms with Gasteiger partial charge in [0.2, 0.25) is 0 Å². The van der Waals surface area contributed by atoms with E-state index in [1.165, 1.54) is 0 Å². The highest BCUT2D eigenvalue weighted by molar-refractivity contribution is 6.02. The molecule has 21 heavy (non-hydrogen) atoms. The van der Waals surface area contributed by atoms with E-state index in [2.05, 4.69) is 5.16 Å². The average molecular weight is 285 g/mol. The minimum absolute atomic E-state index is 0.427. The minimum atomic E-state index is 0.427. The molecule has 0 aliphatic rings. The van der Waals surface area contributed by atoms with Crippen molar-refractivity contribution in [2.24, 2.45) is 5.16 Å². The van der Waals surface area contributed by atoms with Gasteiger partial charge in [-0.1, -0.05) is 36.3 Å². The smallest absolute Gasteiger partial charge is 0.128 e. The molecule has 2 aromatic carbocycles. The topological polar surface area (TPSA) is 51.1 Å². The number of methoxy groups -OCH3 is 1. The second-order valence-electron chi connectivity index (χ2n) is 4.54. The third kappa shape index (κ3) is 3.75. The summed E-state index contributed by atoms with van der Waals surface area (Å²) in [6.45, 7) is 2.37. The summed E-state index contributed by atoms with van der Waals surface area (Å²) in [5, 5.41) is 12.4. The lowest BCUT2D eigenvalue weighted by molar-refractivity contribution is 0.302. The molecule has 0 aliphatic carbocycles. The molecule has 4 nitrogen and oxygen atoms in total. The molecule has 0 bridgehead atoms. The molecule has 0 aromatic heterocycles. The molecule has 0 saturated heterocycles. The number of oxime groups is 1. The molecule has 0 aliphatic heterocycles. The molecule has 4 heteroatoms. The Morgan fingerprint density at radius 3 is 2.67 bits per heavy atom. The molecule has 0 heterocycles. The second kappa shape index (κ2) is 7.33. The quantitative estimate of drug-likeness (QED) is 0.498. The fraction of sp³-hybridized carbons (Fsp3) is 0.235. The van der Waals surface area contributed by atoms with Gasteiger partial charge in [-0.15, -0.1) is 0 Å². The van der Waals surface area contributed by atoms with Crippen molar-refractivity contribution in [1.29, 1.82) is 0 Å². The third-order valence-corrected chi connectivity index (χ3v) is 3.18. The Hall–Kier alpha value is -2.49. The highest BCUT2D eigenvalue weighted by atomic mass is 16.5. The van der Waals surface area contributed by atoms with E-state index in [1.807, 2.05) is 55.5 Å². The Morgan fingerprint density at radius 2 is 1.95 bits per heavy atom. The number of ether oxygens (including phenoxy) is 2. The van der Waals surface area contributed by atoms with Crippen LogP contribution >= 0.6 is 0 Å². The van der Waals surface area contributed by atoms with Crippen LogP contribution in [0.25, 0.3) is 0 Å². The number of hydrogen-bond acceptors (Lipinski definition) is 4. The van der Waals surface area contributed by atoms with Gasteiger partial charge in [0.25, 0.3) is 0 Å². The Balaban J connectivity index is 2.16. The first-order chi connectivity index (χ1) is 10.3. The first kappa shape index (κ1) is 14.9. The van der Waals surface area contributed by atoms with E-state index in [9.17, 15) is 0 Å². The summed E-state index contributed by atoms with van der Waals surface area (Å²) in [6.07, 6.45) is 0.635. The first-order valence-electron chi connectivity index (χ1n) is 6.84. The van der Waals surface area contributed by atoms with Gasteiger partial charge in [0.05, 0.1) is 12.8 Å². The van der Waals surface area contributed by atoms with Crippen molar-refractivity contribution in [2.45, 2.75) is 20.0 Å². The van der Waals surface area contributed by atoms with E-state index >= 15 is 0 Å². The molecule has 0 spiro atoms. The lowest BCUT2D eigenvalue weighted by Crippen LogP contribution is -2.04. The summed E-state index contributed by atoms with van der Waals surface area (Å²) >= 11 is 0. The predicted molar refractivity (Wildman–Crippen MR) is 82.4 cm³/mol. The van der Waals surface area contributed by atoms with Crippen LogP contribution in [0.15, 0.2) is 53.7 Å². The summed E-state index contributed by atoms with van der Waals surface area (Å²) in [7, 11) is 1.64. The highest BCUT2D eigenvalue weighted by Gasteiger charge is 2.09. The van der Waals surface area contributed by atoms with Crippen molar-refractivity contribution in [3.05, 3.63) is 59.7 Å². The van der Waals surface area contributed by atoms with Crippen molar-refractivity contribution in [1.82, 2.24) is 0 Å². The standard InChI is InChI=1S/C17H19NO3/c1-3-16(18-19)15-9-4-5-10-17(15)21-12-13-7-6-8-14(11-13)20-2/h4-11,19H,3,12H2,1-2H3/b18-16+. The summed E-state index contributed by atoms with van der Waals surface area (Å²) in [4.78, 5) is 0. The Bertz CT molecular complexity index is 623. The zero-order valence-electron chi connectivity index (χ0n) is 12.2. The monoisotopic (exact) mass is 285 g/mol. The van der Waals surface area contributed by atoms with Crippen LogP contribution in [0.3, 0.4) is 0 Å². The van der Waals surface area contributed by atoms with Crippen molar-refractivity contribution < 1.29 is 14.7 Å². The highest BCUT2D eigenvalue weighted by Crippen LogP contribution is 2.22. The molecule has 2 rings (SSSR count). The molecular weight excluding hydrogens is 266 g/mol. The zero-order valence-corrected chi connectivity index (χ0v) is 12.2. The lowest BCUT2D eigenvalue weighted by Gasteiger charge is -2.12. The van der Waals surface area contributed by atoms with Gasteiger partial charge in [0.15, 0.2) is 0 Å². The Kier molecular flexibility index (Phi) is 5.21. The number of benzene rings is 2. The van der Waals surface area contributed by atoms with Gasteiger partial charge < -0.3 is 14.7 Å². The SMILES string of the molecule is CC/C(=N\O)c1ccccc1OCc1cccc(OC)c1. The fourth-order valence-electron chi connectivity index (χ4n) is 2.07. The number of nitrogens with zero attached hydrogens (tertiary/aromatic N) is 1. The molecule has 0 saturated carbocycles. The largest absolute Gasteiger partial charge is 0.497 e.